The largest absolute Gasteiger partial charge is 0.393 e. The Morgan fingerprint density at radius 3 is 2.93 bits per heavy atom. The molecule has 0 bridgehead atoms. The van der Waals surface area contributed by atoms with Crippen LogP contribution in [0.15, 0.2) is 30.0 Å². The van der Waals surface area contributed by atoms with Gasteiger partial charge in [-0.3, -0.25) is 14.6 Å². The average Bonchev–Trinajstić information content (AvgIpc) is 3.12. The lowest BCUT2D eigenvalue weighted by Gasteiger charge is -2.19. The normalized spacial score (nSPS) is 13.9. The van der Waals surface area contributed by atoms with Gasteiger partial charge in [-0.05, 0) is 29.7 Å². The molecule has 0 spiro atoms. The zero-order valence-corrected chi connectivity index (χ0v) is 15.1. The SMILES string of the molecule is O=C1CCc2cc(NC(=O)c3ccncc3CC(F)(F)F)c3ncsc3c2N1. The highest BCUT2D eigenvalue weighted by atomic mass is 32.1. The van der Waals surface area contributed by atoms with E-state index >= 15 is 0 Å². The van der Waals surface area contributed by atoms with Gasteiger partial charge < -0.3 is 10.6 Å². The third-order valence-electron chi connectivity index (χ3n) is 4.36. The predicted molar refractivity (Wildman–Crippen MR) is 98.5 cm³/mol. The minimum Gasteiger partial charge on any atom is -0.325 e. The number of hydrogen-bond donors (Lipinski definition) is 2. The van der Waals surface area contributed by atoms with Gasteiger partial charge in [0.15, 0.2) is 0 Å². The van der Waals surface area contributed by atoms with Crippen molar-refractivity contribution in [2.45, 2.75) is 25.4 Å². The maximum Gasteiger partial charge on any atom is 0.393 e. The number of carbonyl (C=O) groups is 2. The molecule has 6 nitrogen and oxygen atoms in total. The summed E-state index contributed by atoms with van der Waals surface area (Å²) in [4.78, 5) is 32.3. The van der Waals surface area contributed by atoms with Crippen molar-refractivity contribution in [3.05, 3.63) is 46.7 Å². The maximum atomic E-state index is 12.8. The van der Waals surface area contributed by atoms with Crippen LogP contribution in [0.25, 0.3) is 10.2 Å². The van der Waals surface area contributed by atoms with Crippen LogP contribution in [0.2, 0.25) is 0 Å². The molecule has 0 radical (unpaired) electrons. The Labute approximate surface area is 160 Å². The number of amides is 2. The Morgan fingerprint density at radius 1 is 1.32 bits per heavy atom. The van der Waals surface area contributed by atoms with E-state index in [1.165, 1.54) is 23.6 Å². The van der Waals surface area contributed by atoms with Crippen molar-refractivity contribution < 1.29 is 22.8 Å². The molecular weight excluding hydrogens is 393 g/mol. The molecule has 1 aliphatic rings. The van der Waals surface area contributed by atoms with Crippen molar-refractivity contribution in [2.75, 3.05) is 10.6 Å². The molecule has 4 rings (SSSR count). The molecule has 3 heterocycles. The molecule has 0 saturated heterocycles. The standard InChI is InChI=1S/C18H13F3N4O2S/c19-18(20,21)6-10-7-22-4-3-11(10)17(27)24-12-5-9-1-2-13(26)25-14(9)16-15(12)23-8-28-16/h3-5,7-8H,1-2,6H2,(H,24,27)(H,25,26). The van der Waals surface area contributed by atoms with Crippen molar-refractivity contribution in [3.63, 3.8) is 0 Å². The highest BCUT2D eigenvalue weighted by Crippen LogP contribution is 2.38. The Kier molecular flexibility index (Phi) is 4.50. The first-order valence-corrected chi connectivity index (χ1v) is 9.20. The van der Waals surface area contributed by atoms with Crippen molar-refractivity contribution in [1.82, 2.24) is 9.97 Å². The first-order valence-electron chi connectivity index (χ1n) is 8.32. The van der Waals surface area contributed by atoms with Gasteiger partial charge in [-0.1, -0.05) is 0 Å². The van der Waals surface area contributed by atoms with E-state index in [9.17, 15) is 22.8 Å². The van der Waals surface area contributed by atoms with E-state index in [4.69, 9.17) is 0 Å². The predicted octanol–water partition coefficient (Wildman–Crippen LogP) is 3.93. The lowest BCUT2D eigenvalue weighted by atomic mass is 10.0. The third-order valence-corrected chi connectivity index (χ3v) is 5.21. The number of pyridine rings is 1. The number of fused-ring (bicyclic) bond motifs is 3. The number of anilines is 2. The second-order valence-electron chi connectivity index (χ2n) is 6.32. The number of alkyl halides is 3. The number of carbonyl (C=O) groups excluding carboxylic acids is 2. The molecule has 1 aliphatic heterocycles. The van der Waals surface area contributed by atoms with Crippen LogP contribution >= 0.6 is 11.3 Å². The number of thiazole rings is 1. The molecule has 0 fully saturated rings. The molecule has 144 valence electrons. The Bertz CT molecular complexity index is 1090. The zero-order valence-electron chi connectivity index (χ0n) is 14.3. The smallest absolute Gasteiger partial charge is 0.325 e. The zero-order chi connectivity index (χ0) is 19.9. The number of halogens is 3. The van der Waals surface area contributed by atoms with Crippen molar-refractivity contribution in [2.24, 2.45) is 0 Å². The number of aryl methyl sites for hydroxylation is 1. The number of rotatable bonds is 3. The first-order chi connectivity index (χ1) is 13.3. The van der Waals surface area contributed by atoms with E-state index < -0.39 is 18.5 Å². The van der Waals surface area contributed by atoms with Gasteiger partial charge in [-0.15, -0.1) is 11.3 Å². The quantitative estimate of drug-likeness (QED) is 0.690. The van der Waals surface area contributed by atoms with Gasteiger partial charge in [0.1, 0.15) is 5.52 Å². The summed E-state index contributed by atoms with van der Waals surface area (Å²) in [6.45, 7) is 0. The summed E-state index contributed by atoms with van der Waals surface area (Å²) >= 11 is 1.32. The summed E-state index contributed by atoms with van der Waals surface area (Å²) in [6.07, 6.45) is -2.55. The summed E-state index contributed by atoms with van der Waals surface area (Å²) in [5.41, 5.74) is 3.68. The summed E-state index contributed by atoms with van der Waals surface area (Å²) < 4.78 is 39.1. The van der Waals surface area contributed by atoms with Crippen molar-refractivity contribution in [3.8, 4) is 0 Å². The number of nitrogens with zero attached hydrogens (tertiary/aromatic N) is 2. The van der Waals surface area contributed by atoms with Crippen LogP contribution in [-0.4, -0.2) is 28.0 Å². The monoisotopic (exact) mass is 406 g/mol. The Hall–Kier alpha value is -3.01. The van der Waals surface area contributed by atoms with E-state index in [1.54, 1.807) is 11.6 Å². The fourth-order valence-corrected chi connectivity index (χ4v) is 3.99. The molecule has 10 heteroatoms. The number of benzene rings is 1. The van der Waals surface area contributed by atoms with E-state index in [2.05, 4.69) is 20.6 Å². The third kappa shape index (κ3) is 3.55. The Morgan fingerprint density at radius 2 is 2.14 bits per heavy atom. The van der Waals surface area contributed by atoms with Crippen LogP contribution in [0.3, 0.4) is 0 Å². The van der Waals surface area contributed by atoms with E-state index in [0.29, 0.717) is 34.4 Å². The van der Waals surface area contributed by atoms with Crippen molar-refractivity contribution >= 4 is 44.7 Å². The topological polar surface area (TPSA) is 84.0 Å². The summed E-state index contributed by atoms with van der Waals surface area (Å²) in [5.74, 6) is -0.761. The van der Waals surface area contributed by atoms with Crippen molar-refractivity contribution in [1.29, 1.82) is 0 Å². The van der Waals surface area contributed by atoms with Crippen LogP contribution in [0.5, 0.6) is 0 Å². The Balaban J connectivity index is 1.70. The fraction of sp³-hybridized carbons (Fsp3) is 0.222. The summed E-state index contributed by atoms with van der Waals surface area (Å²) in [7, 11) is 0. The molecule has 2 N–H and O–H groups in total. The van der Waals surface area contributed by atoms with Gasteiger partial charge in [0, 0.05) is 24.4 Å². The van der Waals surface area contributed by atoms with Crippen LogP contribution in [0, 0.1) is 0 Å². The molecule has 0 aliphatic carbocycles. The first kappa shape index (κ1) is 18.4. The second-order valence-corrected chi connectivity index (χ2v) is 7.17. The fourth-order valence-electron chi connectivity index (χ4n) is 3.15. The van der Waals surface area contributed by atoms with Gasteiger partial charge in [0.2, 0.25) is 5.91 Å². The van der Waals surface area contributed by atoms with Crippen LogP contribution < -0.4 is 10.6 Å². The summed E-state index contributed by atoms with van der Waals surface area (Å²) in [6, 6.07) is 2.96. The van der Waals surface area contributed by atoms with Gasteiger partial charge in [-0.25, -0.2) is 4.98 Å². The lowest BCUT2D eigenvalue weighted by Crippen LogP contribution is -2.21. The molecule has 0 saturated carbocycles. The molecule has 2 amide bonds. The molecular formula is C18H13F3N4O2S. The van der Waals surface area contributed by atoms with Gasteiger partial charge in [0.25, 0.3) is 5.91 Å². The van der Waals surface area contributed by atoms with Gasteiger partial charge >= 0.3 is 6.18 Å². The minimum atomic E-state index is -4.45. The van der Waals surface area contributed by atoms with E-state index in [-0.39, 0.29) is 17.0 Å². The number of hydrogen-bond acceptors (Lipinski definition) is 5. The highest BCUT2D eigenvalue weighted by molar-refractivity contribution is 7.17. The molecule has 2 aromatic heterocycles. The van der Waals surface area contributed by atoms with Crippen LogP contribution in [0.4, 0.5) is 24.5 Å². The molecule has 0 atom stereocenters. The van der Waals surface area contributed by atoms with E-state index in [1.807, 2.05) is 0 Å². The molecule has 3 aromatic rings. The number of aromatic nitrogens is 2. The van der Waals surface area contributed by atoms with Gasteiger partial charge in [-0.2, -0.15) is 13.2 Å². The summed E-state index contributed by atoms with van der Waals surface area (Å²) in [5, 5.41) is 5.49. The van der Waals surface area contributed by atoms with Crippen LogP contribution in [-0.2, 0) is 17.6 Å². The van der Waals surface area contributed by atoms with E-state index in [0.717, 1.165) is 11.8 Å². The average molecular weight is 406 g/mol. The number of nitrogens with one attached hydrogen (secondary N) is 2. The second kappa shape index (κ2) is 6.86. The maximum absolute atomic E-state index is 12.8. The molecule has 0 unspecified atom stereocenters. The highest BCUT2D eigenvalue weighted by Gasteiger charge is 2.30. The van der Waals surface area contributed by atoms with Gasteiger partial charge in [0.05, 0.1) is 28.0 Å². The molecule has 28 heavy (non-hydrogen) atoms. The van der Waals surface area contributed by atoms with Crippen LogP contribution in [0.1, 0.15) is 27.9 Å². The molecule has 1 aromatic carbocycles. The minimum absolute atomic E-state index is 0.0902. The lowest BCUT2D eigenvalue weighted by molar-refractivity contribution is -0.127.